The van der Waals surface area contributed by atoms with Crippen LogP contribution in [-0.4, -0.2) is 52.8 Å². The van der Waals surface area contributed by atoms with Gasteiger partial charge in [-0.3, -0.25) is 9.59 Å². The molecule has 2 saturated carbocycles. The van der Waals surface area contributed by atoms with Crippen LogP contribution in [0.1, 0.15) is 73.5 Å². The van der Waals surface area contributed by atoms with Crippen molar-refractivity contribution in [1.29, 1.82) is 0 Å². The van der Waals surface area contributed by atoms with Gasteiger partial charge in [-0.25, -0.2) is 4.98 Å². The number of amides is 2. The number of likely N-dealkylation sites (tertiary alicyclic amines) is 2. The number of oxazole rings is 1. The highest BCUT2D eigenvalue weighted by molar-refractivity contribution is 5.95. The van der Waals surface area contributed by atoms with Gasteiger partial charge < -0.3 is 14.2 Å². The summed E-state index contributed by atoms with van der Waals surface area (Å²) in [5.74, 6) is 2.04. The minimum absolute atomic E-state index is 0.0542. The summed E-state index contributed by atoms with van der Waals surface area (Å²) in [5, 5.41) is 0. The van der Waals surface area contributed by atoms with E-state index in [1.165, 1.54) is 25.7 Å². The molecule has 4 aliphatic rings. The first-order valence-electron chi connectivity index (χ1n) is 10.2. The third-order valence-corrected chi connectivity index (χ3v) is 6.91. The van der Waals surface area contributed by atoms with Gasteiger partial charge in [0.15, 0.2) is 12.1 Å². The number of hydrogen-bond acceptors (Lipinski definition) is 4. The molecule has 140 valence electrons. The van der Waals surface area contributed by atoms with E-state index in [-0.39, 0.29) is 17.2 Å². The van der Waals surface area contributed by atoms with Gasteiger partial charge >= 0.3 is 0 Å². The number of piperidine rings is 1. The van der Waals surface area contributed by atoms with Gasteiger partial charge in [-0.2, -0.15) is 0 Å². The molecule has 2 saturated heterocycles. The lowest BCUT2D eigenvalue weighted by Gasteiger charge is -2.42. The van der Waals surface area contributed by atoms with Crippen LogP contribution in [0.4, 0.5) is 0 Å². The fourth-order valence-corrected chi connectivity index (χ4v) is 4.94. The van der Waals surface area contributed by atoms with Gasteiger partial charge in [0.05, 0.1) is 5.41 Å². The van der Waals surface area contributed by atoms with Gasteiger partial charge in [0.1, 0.15) is 5.76 Å². The van der Waals surface area contributed by atoms with Crippen LogP contribution in [0.2, 0.25) is 0 Å². The van der Waals surface area contributed by atoms with Crippen LogP contribution < -0.4 is 0 Å². The zero-order valence-electron chi connectivity index (χ0n) is 15.3. The van der Waals surface area contributed by atoms with E-state index in [4.69, 9.17) is 4.42 Å². The van der Waals surface area contributed by atoms with E-state index in [0.717, 1.165) is 51.0 Å². The maximum absolute atomic E-state index is 13.2. The summed E-state index contributed by atoms with van der Waals surface area (Å²) in [6.45, 7) is 3.01. The minimum Gasteiger partial charge on any atom is -0.447 e. The molecule has 0 bridgehead atoms. The molecule has 1 atom stereocenters. The van der Waals surface area contributed by atoms with E-state index < -0.39 is 0 Å². The minimum atomic E-state index is -0.360. The molecule has 4 fully saturated rings. The molecule has 6 nitrogen and oxygen atoms in total. The maximum atomic E-state index is 13.2. The highest BCUT2D eigenvalue weighted by atomic mass is 16.3. The van der Waals surface area contributed by atoms with E-state index >= 15 is 0 Å². The van der Waals surface area contributed by atoms with Crippen LogP contribution in [0, 0.1) is 11.3 Å². The number of carbonyl (C=O) groups excluding carboxylic acids is 2. The Morgan fingerprint density at radius 3 is 2.77 bits per heavy atom. The van der Waals surface area contributed by atoms with Crippen molar-refractivity contribution >= 4 is 11.8 Å². The second-order valence-corrected chi connectivity index (χ2v) is 8.75. The van der Waals surface area contributed by atoms with Gasteiger partial charge in [-0.15, -0.1) is 0 Å². The fraction of sp³-hybridized carbons (Fsp3) is 0.750. The van der Waals surface area contributed by atoms with Gasteiger partial charge in [0, 0.05) is 32.1 Å². The summed E-state index contributed by atoms with van der Waals surface area (Å²) in [6, 6.07) is 0. The fourth-order valence-electron chi connectivity index (χ4n) is 4.94. The van der Waals surface area contributed by atoms with Crippen molar-refractivity contribution in [2.45, 2.75) is 57.3 Å². The monoisotopic (exact) mass is 357 g/mol. The van der Waals surface area contributed by atoms with Crippen molar-refractivity contribution in [3.8, 4) is 0 Å². The Balaban J connectivity index is 1.30. The van der Waals surface area contributed by atoms with Crippen LogP contribution in [0.3, 0.4) is 0 Å². The molecule has 26 heavy (non-hydrogen) atoms. The molecule has 0 radical (unpaired) electrons. The van der Waals surface area contributed by atoms with Crippen LogP contribution in [0.5, 0.6) is 0 Å². The number of rotatable bonds is 4. The second-order valence-electron chi connectivity index (χ2n) is 8.75. The van der Waals surface area contributed by atoms with E-state index in [1.807, 2.05) is 4.90 Å². The average molecular weight is 357 g/mol. The quantitative estimate of drug-likeness (QED) is 0.831. The Bertz CT molecular complexity index is 722. The summed E-state index contributed by atoms with van der Waals surface area (Å²) in [5.41, 5.74) is 0.111. The normalized spacial score (nSPS) is 29.5. The Morgan fingerprint density at radius 1 is 1.19 bits per heavy atom. The molecule has 5 rings (SSSR count). The number of hydrogen-bond donors (Lipinski definition) is 0. The first-order chi connectivity index (χ1) is 12.7. The van der Waals surface area contributed by atoms with Crippen molar-refractivity contribution in [3.63, 3.8) is 0 Å². The lowest BCUT2D eigenvalue weighted by Crippen LogP contribution is -2.52. The first-order valence-corrected chi connectivity index (χ1v) is 10.2. The Morgan fingerprint density at radius 2 is 2.04 bits per heavy atom. The number of nitrogens with zero attached hydrogens (tertiary/aromatic N) is 3. The SMILES string of the molecule is O=C(c1ncoc1C1CC1)N1CCC2(CCCN(CC3CCC3)C2=O)C1. The van der Waals surface area contributed by atoms with E-state index in [2.05, 4.69) is 9.88 Å². The zero-order chi connectivity index (χ0) is 17.7. The van der Waals surface area contributed by atoms with Gasteiger partial charge in [-0.05, 0) is 50.9 Å². The average Bonchev–Trinajstić information content (AvgIpc) is 3.17. The van der Waals surface area contributed by atoms with E-state index in [0.29, 0.717) is 30.6 Å². The van der Waals surface area contributed by atoms with Crippen molar-refractivity contribution in [3.05, 3.63) is 17.8 Å². The van der Waals surface area contributed by atoms with Crippen molar-refractivity contribution < 1.29 is 14.0 Å². The molecule has 1 spiro atoms. The molecule has 0 aromatic carbocycles. The molecule has 3 heterocycles. The largest absolute Gasteiger partial charge is 0.447 e. The molecule has 2 amide bonds. The van der Waals surface area contributed by atoms with Crippen LogP contribution in [0.25, 0.3) is 0 Å². The van der Waals surface area contributed by atoms with Crippen LogP contribution >= 0.6 is 0 Å². The molecular formula is C20H27N3O3. The number of aromatic nitrogens is 1. The molecule has 2 aliphatic heterocycles. The Kier molecular flexibility index (Phi) is 3.83. The summed E-state index contributed by atoms with van der Waals surface area (Å²) in [7, 11) is 0. The van der Waals surface area contributed by atoms with Crippen molar-refractivity contribution in [1.82, 2.24) is 14.8 Å². The Labute approximate surface area is 153 Å². The van der Waals surface area contributed by atoms with Crippen molar-refractivity contribution in [2.75, 3.05) is 26.2 Å². The molecule has 2 aliphatic carbocycles. The molecule has 1 aromatic heterocycles. The van der Waals surface area contributed by atoms with Crippen molar-refractivity contribution in [2.24, 2.45) is 11.3 Å². The standard InChI is InChI=1S/C20H27N3O3/c24-18(16-17(15-5-6-15)26-13-21-16)23-10-8-20(12-23)7-2-9-22(19(20)25)11-14-3-1-4-14/h13-15H,1-12H2. The van der Waals surface area contributed by atoms with Gasteiger partial charge in [0.2, 0.25) is 5.91 Å². The Hall–Kier alpha value is -1.85. The molecule has 1 unspecified atom stereocenters. The maximum Gasteiger partial charge on any atom is 0.276 e. The van der Waals surface area contributed by atoms with Crippen LogP contribution in [0.15, 0.2) is 10.8 Å². The summed E-state index contributed by atoms with van der Waals surface area (Å²) < 4.78 is 5.47. The number of carbonyl (C=O) groups is 2. The molecule has 1 aromatic rings. The van der Waals surface area contributed by atoms with E-state index in [9.17, 15) is 9.59 Å². The zero-order valence-corrected chi connectivity index (χ0v) is 15.3. The van der Waals surface area contributed by atoms with Gasteiger partial charge in [-0.1, -0.05) is 6.42 Å². The molecule has 6 heteroatoms. The van der Waals surface area contributed by atoms with E-state index in [1.54, 1.807) is 0 Å². The summed E-state index contributed by atoms with van der Waals surface area (Å²) in [6.07, 6.45) is 10.1. The predicted molar refractivity (Wildman–Crippen MR) is 94.6 cm³/mol. The molecular weight excluding hydrogens is 330 g/mol. The first kappa shape index (κ1) is 16.3. The third kappa shape index (κ3) is 2.65. The highest BCUT2D eigenvalue weighted by Crippen LogP contribution is 2.44. The third-order valence-electron chi connectivity index (χ3n) is 6.91. The van der Waals surface area contributed by atoms with Crippen LogP contribution in [-0.2, 0) is 4.79 Å². The second kappa shape index (κ2) is 6.10. The summed E-state index contributed by atoms with van der Waals surface area (Å²) in [4.78, 5) is 34.3. The summed E-state index contributed by atoms with van der Waals surface area (Å²) >= 11 is 0. The smallest absolute Gasteiger partial charge is 0.276 e. The lowest BCUT2D eigenvalue weighted by atomic mass is 9.77. The highest BCUT2D eigenvalue weighted by Gasteiger charge is 2.50. The van der Waals surface area contributed by atoms with Gasteiger partial charge in [0.25, 0.3) is 5.91 Å². The predicted octanol–water partition coefficient (Wildman–Crippen LogP) is 2.81. The topological polar surface area (TPSA) is 66.7 Å². The molecule has 0 N–H and O–H groups in total. The lowest BCUT2D eigenvalue weighted by molar-refractivity contribution is -0.146.